The van der Waals surface area contributed by atoms with Crippen LogP contribution in [-0.4, -0.2) is 24.9 Å². The Kier molecular flexibility index (Phi) is 6.83. The van der Waals surface area contributed by atoms with Gasteiger partial charge in [-0.15, -0.1) is 0 Å². The highest BCUT2D eigenvalue weighted by Crippen LogP contribution is 2.29. The van der Waals surface area contributed by atoms with Gasteiger partial charge in [0.15, 0.2) is 0 Å². The van der Waals surface area contributed by atoms with Gasteiger partial charge in [-0.3, -0.25) is 0 Å². The lowest BCUT2D eigenvalue weighted by Crippen LogP contribution is -2.31. The molecule has 0 spiro atoms. The van der Waals surface area contributed by atoms with E-state index < -0.39 is 0 Å². The molecule has 2 unspecified atom stereocenters. The molecule has 2 fully saturated rings. The van der Waals surface area contributed by atoms with Crippen LogP contribution in [-0.2, 0) is 9.47 Å². The molecule has 2 heterocycles. The summed E-state index contributed by atoms with van der Waals surface area (Å²) in [6, 6.07) is 0. The Hall–Kier alpha value is -0.0800. The average Bonchev–Trinajstić information content (AvgIpc) is 2.39. The van der Waals surface area contributed by atoms with Gasteiger partial charge >= 0.3 is 0 Å². The highest BCUT2D eigenvalue weighted by atomic mass is 16.5. The lowest BCUT2D eigenvalue weighted by molar-refractivity contribution is -0.0707. The van der Waals surface area contributed by atoms with Crippen LogP contribution < -0.4 is 0 Å². The summed E-state index contributed by atoms with van der Waals surface area (Å²) in [5, 5.41) is 0. The van der Waals surface area contributed by atoms with Gasteiger partial charge in [-0.1, -0.05) is 20.8 Å². The van der Waals surface area contributed by atoms with Crippen LogP contribution in [0.3, 0.4) is 0 Å². The van der Waals surface area contributed by atoms with Crippen molar-refractivity contribution in [2.45, 2.75) is 96.9 Å². The first kappa shape index (κ1) is 16.3. The van der Waals surface area contributed by atoms with Crippen LogP contribution in [0.1, 0.15) is 78.6 Å². The van der Waals surface area contributed by atoms with Crippen molar-refractivity contribution in [2.75, 3.05) is 6.61 Å². The first-order valence-corrected chi connectivity index (χ1v) is 8.90. The molecule has 2 heteroatoms. The lowest BCUT2D eigenvalue weighted by atomic mass is 9.89. The molecular formula is C18H34O2. The van der Waals surface area contributed by atoms with Gasteiger partial charge in [0.25, 0.3) is 0 Å². The topological polar surface area (TPSA) is 18.5 Å². The number of hydrogen-bond acceptors (Lipinski definition) is 2. The van der Waals surface area contributed by atoms with Crippen molar-refractivity contribution in [2.24, 2.45) is 11.8 Å². The maximum Gasteiger partial charge on any atom is 0.0581 e. The second-order valence-electron chi connectivity index (χ2n) is 7.51. The van der Waals surface area contributed by atoms with Crippen molar-refractivity contribution < 1.29 is 9.47 Å². The van der Waals surface area contributed by atoms with E-state index in [1.807, 2.05) is 0 Å². The quantitative estimate of drug-likeness (QED) is 0.686. The zero-order valence-electron chi connectivity index (χ0n) is 13.8. The van der Waals surface area contributed by atoms with Gasteiger partial charge in [0, 0.05) is 6.61 Å². The molecule has 2 rings (SSSR count). The van der Waals surface area contributed by atoms with Crippen LogP contribution in [0, 0.1) is 11.8 Å². The highest BCUT2D eigenvalue weighted by molar-refractivity contribution is 4.76. The molecule has 0 N–H and O–H groups in total. The number of ether oxygens (including phenoxy) is 2. The van der Waals surface area contributed by atoms with Crippen molar-refractivity contribution in [1.29, 1.82) is 0 Å². The van der Waals surface area contributed by atoms with E-state index in [1.54, 1.807) is 0 Å². The molecule has 0 amide bonds. The first-order chi connectivity index (χ1) is 9.63. The van der Waals surface area contributed by atoms with Crippen LogP contribution >= 0.6 is 0 Å². The predicted octanol–water partition coefficient (Wildman–Crippen LogP) is 4.96. The average molecular weight is 282 g/mol. The summed E-state index contributed by atoms with van der Waals surface area (Å²) in [5.41, 5.74) is 0. The van der Waals surface area contributed by atoms with E-state index >= 15 is 0 Å². The zero-order chi connectivity index (χ0) is 14.4. The summed E-state index contributed by atoms with van der Waals surface area (Å²) >= 11 is 0. The Labute approximate surface area is 125 Å². The molecule has 0 aliphatic carbocycles. The summed E-state index contributed by atoms with van der Waals surface area (Å²) in [6.07, 6.45) is 13.0. The maximum atomic E-state index is 6.32. The van der Waals surface area contributed by atoms with Crippen LogP contribution in [0.4, 0.5) is 0 Å². The molecule has 2 aliphatic rings. The Morgan fingerprint density at radius 2 is 1.45 bits per heavy atom. The fourth-order valence-corrected chi connectivity index (χ4v) is 3.84. The molecule has 2 aliphatic heterocycles. The molecule has 0 saturated carbocycles. The van der Waals surface area contributed by atoms with E-state index in [0.717, 1.165) is 18.4 Å². The third-order valence-electron chi connectivity index (χ3n) is 4.78. The highest BCUT2D eigenvalue weighted by Gasteiger charge is 2.25. The van der Waals surface area contributed by atoms with Gasteiger partial charge in [-0.25, -0.2) is 0 Å². The first-order valence-electron chi connectivity index (χ1n) is 8.90. The molecule has 118 valence electrons. The Morgan fingerprint density at radius 1 is 0.800 bits per heavy atom. The van der Waals surface area contributed by atoms with Gasteiger partial charge in [0.1, 0.15) is 0 Å². The van der Waals surface area contributed by atoms with E-state index in [4.69, 9.17) is 9.47 Å². The summed E-state index contributed by atoms with van der Waals surface area (Å²) in [5.74, 6) is 1.49. The third kappa shape index (κ3) is 5.73. The van der Waals surface area contributed by atoms with Crippen molar-refractivity contribution in [3.05, 3.63) is 0 Å². The Balaban J connectivity index is 1.68. The van der Waals surface area contributed by atoms with Crippen LogP contribution in [0.15, 0.2) is 0 Å². The monoisotopic (exact) mass is 282 g/mol. The van der Waals surface area contributed by atoms with Crippen LogP contribution in [0.25, 0.3) is 0 Å². The largest absolute Gasteiger partial charge is 0.378 e. The van der Waals surface area contributed by atoms with Gasteiger partial charge in [0.05, 0.1) is 18.3 Å². The van der Waals surface area contributed by atoms with E-state index in [1.165, 1.54) is 57.8 Å². The van der Waals surface area contributed by atoms with Gasteiger partial charge in [0.2, 0.25) is 0 Å². The number of rotatable bonds is 6. The van der Waals surface area contributed by atoms with Crippen molar-refractivity contribution in [1.82, 2.24) is 0 Å². The Bertz CT molecular complexity index is 258. The standard InChI is InChI=1S/C18H34O2/c1-14(2)11-17-8-6-9-18(20-17)13-15(3)12-16-7-4-5-10-19-16/h14-18H,4-13H2,1-3H3/t15?,16-,17+,18?/m0/s1. The van der Waals surface area contributed by atoms with Gasteiger partial charge in [-0.2, -0.15) is 0 Å². The molecular weight excluding hydrogens is 248 g/mol. The minimum absolute atomic E-state index is 0.506. The van der Waals surface area contributed by atoms with Crippen molar-refractivity contribution in [3.63, 3.8) is 0 Å². The SMILES string of the molecule is CC(C)C[C@H]1CCCC(CC(C)C[C@@H]2CCCCO2)O1. The van der Waals surface area contributed by atoms with E-state index in [2.05, 4.69) is 20.8 Å². The summed E-state index contributed by atoms with van der Waals surface area (Å²) in [4.78, 5) is 0. The minimum Gasteiger partial charge on any atom is -0.378 e. The van der Waals surface area contributed by atoms with Crippen LogP contribution in [0.2, 0.25) is 0 Å². The van der Waals surface area contributed by atoms with Crippen LogP contribution in [0.5, 0.6) is 0 Å². The molecule has 4 atom stereocenters. The second kappa shape index (κ2) is 8.38. The van der Waals surface area contributed by atoms with Crippen molar-refractivity contribution in [3.8, 4) is 0 Å². The fraction of sp³-hybridized carbons (Fsp3) is 1.00. The second-order valence-corrected chi connectivity index (χ2v) is 7.51. The maximum absolute atomic E-state index is 6.32. The molecule has 2 nitrogen and oxygen atoms in total. The normalized spacial score (nSPS) is 33.3. The summed E-state index contributed by atoms with van der Waals surface area (Å²) < 4.78 is 12.2. The molecule has 0 aromatic carbocycles. The molecule has 20 heavy (non-hydrogen) atoms. The van der Waals surface area contributed by atoms with Gasteiger partial charge in [-0.05, 0) is 69.6 Å². The number of hydrogen-bond donors (Lipinski definition) is 0. The van der Waals surface area contributed by atoms with E-state index in [9.17, 15) is 0 Å². The summed E-state index contributed by atoms with van der Waals surface area (Å²) in [6.45, 7) is 7.97. The third-order valence-corrected chi connectivity index (χ3v) is 4.78. The van der Waals surface area contributed by atoms with E-state index in [0.29, 0.717) is 18.3 Å². The van der Waals surface area contributed by atoms with Crippen molar-refractivity contribution >= 4 is 0 Å². The summed E-state index contributed by atoms with van der Waals surface area (Å²) in [7, 11) is 0. The molecule has 0 bridgehead atoms. The lowest BCUT2D eigenvalue weighted by Gasteiger charge is -2.33. The smallest absolute Gasteiger partial charge is 0.0581 e. The minimum atomic E-state index is 0.506. The molecule has 0 aromatic heterocycles. The van der Waals surface area contributed by atoms with E-state index in [-0.39, 0.29) is 0 Å². The Morgan fingerprint density at radius 3 is 2.10 bits per heavy atom. The van der Waals surface area contributed by atoms with Gasteiger partial charge < -0.3 is 9.47 Å². The molecule has 0 aromatic rings. The molecule has 2 saturated heterocycles. The molecule has 0 radical (unpaired) electrons. The predicted molar refractivity (Wildman–Crippen MR) is 84.0 cm³/mol. The fourth-order valence-electron chi connectivity index (χ4n) is 3.84. The zero-order valence-corrected chi connectivity index (χ0v) is 13.8.